The van der Waals surface area contributed by atoms with E-state index in [4.69, 9.17) is 0 Å². The van der Waals surface area contributed by atoms with Crippen molar-refractivity contribution < 1.29 is 4.79 Å². The summed E-state index contributed by atoms with van der Waals surface area (Å²) in [6.45, 7) is 3.24. The van der Waals surface area contributed by atoms with Crippen LogP contribution in [0.2, 0.25) is 0 Å². The minimum atomic E-state index is -0.0753. The average Bonchev–Trinajstić information content (AvgIpc) is 3.41. The van der Waals surface area contributed by atoms with E-state index in [1.807, 2.05) is 10.9 Å². The van der Waals surface area contributed by atoms with E-state index in [1.165, 1.54) is 31.2 Å². The van der Waals surface area contributed by atoms with Crippen LogP contribution < -0.4 is 5.32 Å². The van der Waals surface area contributed by atoms with Crippen molar-refractivity contribution in [2.75, 3.05) is 19.6 Å². The predicted octanol–water partition coefficient (Wildman–Crippen LogP) is 3.22. The van der Waals surface area contributed by atoms with E-state index in [-0.39, 0.29) is 5.91 Å². The number of piperidine rings is 1. The fraction of sp³-hybridized carbons (Fsp3) is 0.591. The molecular formula is C22H31N5O. The van der Waals surface area contributed by atoms with Crippen LogP contribution in [-0.4, -0.2) is 51.5 Å². The highest BCUT2D eigenvalue weighted by molar-refractivity contribution is 5.92. The molecule has 2 aliphatic rings. The van der Waals surface area contributed by atoms with Crippen LogP contribution >= 0.6 is 0 Å². The number of aryl methyl sites for hydroxylation is 1. The molecule has 0 spiro atoms. The summed E-state index contributed by atoms with van der Waals surface area (Å²) in [5.41, 5.74) is 1.86. The largest absolute Gasteiger partial charge is 0.348 e. The molecule has 150 valence electrons. The molecule has 6 heteroatoms. The van der Waals surface area contributed by atoms with E-state index in [2.05, 4.69) is 50.9 Å². The molecule has 1 atom stereocenters. The fourth-order valence-electron chi connectivity index (χ4n) is 4.49. The number of aromatic nitrogens is 3. The Hall–Kier alpha value is -2.21. The van der Waals surface area contributed by atoms with Gasteiger partial charge in [-0.1, -0.05) is 48.4 Å². The number of benzene rings is 1. The Morgan fingerprint density at radius 1 is 1.11 bits per heavy atom. The van der Waals surface area contributed by atoms with Gasteiger partial charge in [-0.2, -0.15) is 0 Å². The zero-order valence-electron chi connectivity index (χ0n) is 16.6. The lowest BCUT2D eigenvalue weighted by atomic mass is 10.0. The van der Waals surface area contributed by atoms with Gasteiger partial charge in [0.2, 0.25) is 0 Å². The molecule has 28 heavy (non-hydrogen) atoms. The Labute approximate surface area is 167 Å². The van der Waals surface area contributed by atoms with Crippen molar-refractivity contribution >= 4 is 5.91 Å². The molecule has 1 aromatic heterocycles. The standard InChI is InChI=1S/C22H31N5O/c28-22(23-19-11-4-5-12-19)21-17-27(25-24-21)20-13-7-15-26(16-20)14-6-10-18-8-2-1-3-9-18/h1-3,8-9,17,19-20H,4-7,10-16H2,(H,23,28). The molecule has 1 amide bonds. The molecule has 1 aromatic carbocycles. The number of nitrogens with one attached hydrogen (secondary N) is 1. The molecule has 1 saturated heterocycles. The van der Waals surface area contributed by atoms with E-state index in [9.17, 15) is 4.79 Å². The Balaban J connectivity index is 1.27. The first-order valence-corrected chi connectivity index (χ1v) is 10.8. The summed E-state index contributed by atoms with van der Waals surface area (Å²) in [5.74, 6) is -0.0753. The van der Waals surface area contributed by atoms with Crippen LogP contribution in [-0.2, 0) is 6.42 Å². The van der Waals surface area contributed by atoms with E-state index in [0.717, 1.165) is 45.3 Å². The van der Waals surface area contributed by atoms with Crippen molar-refractivity contribution in [1.29, 1.82) is 0 Å². The van der Waals surface area contributed by atoms with E-state index in [0.29, 0.717) is 17.8 Å². The third-order valence-corrected chi connectivity index (χ3v) is 6.07. The molecule has 4 rings (SSSR count). The maximum absolute atomic E-state index is 12.4. The number of likely N-dealkylation sites (tertiary alicyclic amines) is 1. The third-order valence-electron chi connectivity index (χ3n) is 6.07. The number of amides is 1. The van der Waals surface area contributed by atoms with Gasteiger partial charge in [0.15, 0.2) is 5.69 Å². The Morgan fingerprint density at radius 3 is 2.75 bits per heavy atom. The van der Waals surface area contributed by atoms with Gasteiger partial charge in [0, 0.05) is 12.6 Å². The molecule has 1 aliphatic heterocycles. The zero-order valence-corrected chi connectivity index (χ0v) is 16.6. The molecular weight excluding hydrogens is 350 g/mol. The van der Waals surface area contributed by atoms with Crippen LogP contribution in [0.5, 0.6) is 0 Å². The highest BCUT2D eigenvalue weighted by Gasteiger charge is 2.24. The van der Waals surface area contributed by atoms with Gasteiger partial charge in [0.1, 0.15) is 0 Å². The topological polar surface area (TPSA) is 63.1 Å². The van der Waals surface area contributed by atoms with Gasteiger partial charge < -0.3 is 10.2 Å². The SMILES string of the molecule is O=C(NC1CCCC1)c1cn(C2CCCN(CCCc3ccccc3)C2)nn1. The molecule has 2 heterocycles. The first-order chi connectivity index (χ1) is 13.8. The normalized spacial score (nSPS) is 21.1. The summed E-state index contributed by atoms with van der Waals surface area (Å²) in [6.07, 6.45) is 11.0. The summed E-state index contributed by atoms with van der Waals surface area (Å²) in [4.78, 5) is 14.9. The number of carbonyl (C=O) groups is 1. The van der Waals surface area contributed by atoms with Gasteiger partial charge in [-0.3, -0.25) is 4.79 Å². The van der Waals surface area contributed by atoms with Gasteiger partial charge in [-0.25, -0.2) is 4.68 Å². The first-order valence-electron chi connectivity index (χ1n) is 10.8. The predicted molar refractivity (Wildman–Crippen MR) is 109 cm³/mol. The van der Waals surface area contributed by atoms with Crippen molar-refractivity contribution in [2.24, 2.45) is 0 Å². The summed E-state index contributed by atoms with van der Waals surface area (Å²) < 4.78 is 1.91. The molecule has 2 fully saturated rings. The van der Waals surface area contributed by atoms with Crippen LogP contribution in [0.1, 0.15) is 67.0 Å². The summed E-state index contributed by atoms with van der Waals surface area (Å²) in [5, 5.41) is 11.5. The van der Waals surface area contributed by atoms with Gasteiger partial charge in [0.05, 0.1) is 12.2 Å². The molecule has 2 aromatic rings. The Bertz CT molecular complexity index is 753. The van der Waals surface area contributed by atoms with Crippen molar-refractivity contribution in [3.8, 4) is 0 Å². The Morgan fingerprint density at radius 2 is 1.93 bits per heavy atom. The van der Waals surface area contributed by atoms with Crippen molar-refractivity contribution in [3.05, 3.63) is 47.8 Å². The second kappa shape index (κ2) is 9.32. The van der Waals surface area contributed by atoms with Crippen molar-refractivity contribution in [3.63, 3.8) is 0 Å². The lowest BCUT2D eigenvalue weighted by Gasteiger charge is -2.32. The highest BCUT2D eigenvalue weighted by Crippen LogP contribution is 2.22. The minimum Gasteiger partial charge on any atom is -0.348 e. The zero-order chi connectivity index (χ0) is 19.2. The molecule has 0 bridgehead atoms. The minimum absolute atomic E-state index is 0.0753. The maximum Gasteiger partial charge on any atom is 0.273 e. The Kier molecular flexibility index (Phi) is 6.37. The smallest absolute Gasteiger partial charge is 0.273 e. The third kappa shape index (κ3) is 4.98. The van der Waals surface area contributed by atoms with Crippen LogP contribution in [0.3, 0.4) is 0 Å². The summed E-state index contributed by atoms with van der Waals surface area (Å²) >= 11 is 0. The lowest BCUT2D eigenvalue weighted by Crippen LogP contribution is -2.37. The number of nitrogens with zero attached hydrogens (tertiary/aromatic N) is 4. The number of rotatable bonds is 7. The van der Waals surface area contributed by atoms with Gasteiger partial charge in [-0.05, 0) is 57.2 Å². The van der Waals surface area contributed by atoms with Crippen LogP contribution in [0.4, 0.5) is 0 Å². The van der Waals surface area contributed by atoms with Crippen LogP contribution in [0.15, 0.2) is 36.5 Å². The van der Waals surface area contributed by atoms with Gasteiger partial charge in [0.25, 0.3) is 5.91 Å². The van der Waals surface area contributed by atoms with E-state index >= 15 is 0 Å². The number of hydrogen-bond donors (Lipinski definition) is 1. The van der Waals surface area contributed by atoms with Crippen molar-refractivity contribution in [1.82, 2.24) is 25.2 Å². The molecule has 1 N–H and O–H groups in total. The average molecular weight is 382 g/mol. The molecule has 1 saturated carbocycles. The van der Waals surface area contributed by atoms with Crippen LogP contribution in [0.25, 0.3) is 0 Å². The maximum atomic E-state index is 12.4. The summed E-state index contributed by atoms with van der Waals surface area (Å²) in [7, 11) is 0. The lowest BCUT2D eigenvalue weighted by molar-refractivity contribution is 0.0932. The van der Waals surface area contributed by atoms with E-state index < -0.39 is 0 Å². The molecule has 0 radical (unpaired) electrons. The van der Waals surface area contributed by atoms with Crippen LogP contribution in [0, 0.1) is 0 Å². The van der Waals surface area contributed by atoms with Gasteiger partial charge in [-0.15, -0.1) is 5.10 Å². The van der Waals surface area contributed by atoms with Gasteiger partial charge >= 0.3 is 0 Å². The summed E-state index contributed by atoms with van der Waals surface area (Å²) in [6, 6.07) is 11.3. The van der Waals surface area contributed by atoms with E-state index in [1.54, 1.807) is 0 Å². The second-order valence-electron chi connectivity index (χ2n) is 8.22. The first kappa shape index (κ1) is 19.1. The monoisotopic (exact) mass is 381 g/mol. The number of hydrogen-bond acceptors (Lipinski definition) is 4. The second-order valence-corrected chi connectivity index (χ2v) is 8.22. The molecule has 1 unspecified atom stereocenters. The van der Waals surface area contributed by atoms with Crippen molar-refractivity contribution in [2.45, 2.75) is 63.5 Å². The molecule has 6 nitrogen and oxygen atoms in total. The number of carbonyl (C=O) groups excluding carboxylic acids is 1. The highest BCUT2D eigenvalue weighted by atomic mass is 16.2. The molecule has 1 aliphatic carbocycles. The quantitative estimate of drug-likeness (QED) is 0.800. The fourth-order valence-corrected chi connectivity index (χ4v) is 4.49.